The van der Waals surface area contributed by atoms with Gasteiger partial charge in [-0.15, -0.1) is 0 Å². The Morgan fingerprint density at radius 3 is 1.79 bits per heavy atom. The van der Waals surface area contributed by atoms with Crippen LogP contribution in [-0.2, 0) is 36.9 Å². The Bertz CT molecular complexity index is 1110. The number of benzene rings is 2. The molecule has 3 atom stereocenters. The molecule has 2 aromatic carbocycles. The van der Waals surface area contributed by atoms with Crippen molar-refractivity contribution < 1.29 is 28.7 Å². The Hall–Kier alpha value is -4.21. The smallest absolute Gasteiger partial charge is 0.408 e. The summed E-state index contributed by atoms with van der Waals surface area (Å²) in [6.07, 6.45) is -0.295. The van der Waals surface area contributed by atoms with E-state index in [0.717, 1.165) is 11.1 Å². The number of ketones is 1. The molecule has 0 saturated heterocycles. The van der Waals surface area contributed by atoms with Crippen molar-refractivity contribution in [2.45, 2.75) is 65.3 Å². The normalized spacial score (nSPS) is 12.9. The van der Waals surface area contributed by atoms with Gasteiger partial charge < -0.3 is 26.0 Å². The molecule has 0 aromatic heterocycles. The van der Waals surface area contributed by atoms with E-state index in [-0.39, 0.29) is 37.2 Å². The van der Waals surface area contributed by atoms with Crippen molar-refractivity contribution in [3.05, 3.63) is 71.8 Å². The summed E-state index contributed by atoms with van der Waals surface area (Å²) in [4.78, 5) is 62.5. The molecule has 4 amide bonds. The van der Waals surface area contributed by atoms with E-state index in [9.17, 15) is 24.0 Å². The zero-order valence-corrected chi connectivity index (χ0v) is 22.9. The van der Waals surface area contributed by atoms with E-state index < -0.39 is 36.0 Å². The van der Waals surface area contributed by atoms with Crippen molar-refractivity contribution >= 4 is 29.6 Å². The Labute approximate surface area is 229 Å². The standard InChI is InChI=1S/C29H38N4O6/c1-19(2)15-24(33-29(38)39-18-23-13-9-6-10-14-23)27(36)31-25(16-22-11-7-5-8-12-22)28(37)32-26(20(3)34)17-30-21(4)35/h5-14,19,24-26H,15-18H2,1-4H3,(H,30,35)(H,31,36)(H,32,37)(H,33,38)/t24-,25-,26-/m0/s1. The first-order chi connectivity index (χ1) is 18.5. The number of alkyl carbamates (subject to hydrolysis) is 1. The van der Waals surface area contributed by atoms with E-state index in [1.54, 1.807) is 0 Å². The Morgan fingerprint density at radius 1 is 0.718 bits per heavy atom. The van der Waals surface area contributed by atoms with Gasteiger partial charge in [0.05, 0.1) is 0 Å². The van der Waals surface area contributed by atoms with Gasteiger partial charge in [-0.25, -0.2) is 4.79 Å². The van der Waals surface area contributed by atoms with Crippen LogP contribution in [0.25, 0.3) is 0 Å². The molecule has 210 valence electrons. The number of rotatable bonds is 14. The molecule has 0 fully saturated rings. The second-order valence-corrected chi connectivity index (χ2v) is 9.75. The Balaban J connectivity index is 2.15. The number of hydrogen-bond acceptors (Lipinski definition) is 6. The topological polar surface area (TPSA) is 143 Å². The fourth-order valence-electron chi connectivity index (χ4n) is 3.76. The predicted molar refractivity (Wildman–Crippen MR) is 146 cm³/mol. The van der Waals surface area contributed by atoms with Crippen LogP contribution >= 0.6 is 0 Å². The monoisotopic (exact) mass is 538 g/mol. The van der Waals surface area contributed by atoms with Crippen LogP contribution in [-0.4, -0.2) is 54.3 Å². The molecule has 0 saturated carbocycles. The lowest BCUT2D eigenvalue weighted by Crippen LogP contribution is -2.57. The van der Waals surface area contributed by atoms with Gasteiger partial charge in [0.1, 0.15) is 24.7 Å². The SMILES string of the molecule is CC(=O)NC[C@H](NC(=O)[C@H](Cc1ccccc1)NC(=O)[C@H](CC(C)C)NC(=O)OCc1ccccc1)C(C)=O. The zero-order chi connectivity index (χ0) is 28.8. The minimum absolute atomic E-state index is 0.0441. The summed E-state index contributed by atoms with van der Waals surface area (Å²) in [5, 5.41) is 10.5. The summed E-state index contributed by atoms with van der Waals surface area (Å²) < 4.78 is 5.28. The summed E-state index contributed by atoms with van der Waals surface area (Å²) in [6, 6.07) is 15.3. The molecule has 0 spiro atoms. The second-order valence-electron chi connectivity index (χ2n) is 9.75. The van der Waals surface area contributed by atoms with Crippen molar-refractivity contribution in [3.8, 4) is 0 Å². The predicted octanol–water partition coefficient (Wildman–Crippen LogP) is 2.26. The summed E-state index contributed by atoms with van der Waals surface area (Å²) >= 11 is 0. The van der Waals surface area contributed by atoms with Gasteiger partial charge in [0.2, 0.25) is 17.7 Å². The first kappa shape index (κ1) is 31.0. The highest BCUT2D eigenvalue weighted by Crippen LogP contribution is 2.09. The molecule has 10 nitrogen and oxygen atoms in total. The molecule has 0 bridgehead atoms. The van der Waals surface area contributed by atoms with Crippen molar-refractivity contribution in [3.63, 3.8) is 0 Å². The van der Waals surface area contributed by atoms with Crippen LogP contribution < -0.4 is 21.3 Å². The van der Waals surface area contributed by atoms with Crippen LogP contribution in [0.15, 0.2) is 60.7 Å². The number of carbonyl (C=O) groups excluding carboxylic acids is 5. The number of ether oxygens (including phenoxy) is 1. The van der Waals surface area contributed by atoms with Crippen molar-refractivity contribution in [1.29, 1.82) is 0 Å². The van der Waals surface area contributed by atoms with Gasteiger partial charge in [-0.3, -0.25) is 19.2 Å². The third kappa shape index (κ3) is 11.8. The fourth-order valence-corrected chi connectivity index (χ4v) is 3.76. The van der Waals surface area contributed by atoms with Gasteiger partial charge in [0, 0.05) is 19.9 Å². The van der Waals surface area contributed by atoms with E-state index in [2.05, 4.69) is 21.3 Å². The van der Waals surface area contributed by atoms with Crippen LogP contribution in [0, 0.1) is 5.92 Å². The Kier molecular flexibility index (Phi) is 12.6. The molecule has 2 aromatic rings. The molecular formula is C29H38N4O6. The van der Waals surface area contributed by atoms with Gasteiger partial charge >= 0.3 is 6.09 Å². The van der Waals surface area contributed by atoms with Crippen molar-refractivity contribution in [1.82, 2.24) is 21.3 Å². The second kappa shape index (κ2) is 15.9. The maximum Gasteiger partial charge on any atom is 0.408 e. The minimum atomic E-state index is -1.05. The lowest BCUT2D eigenvalue weighted by molar-refractivity contribution is -0.132. The van der Waals surface area contributed by atoms with Gasteiger partial charge in [-0.2, -0.15) is 0 Å². The van der Waals surface area contributed by atoms with Crippen LogP contribution in [0.5, 0.6) is 0 Å². The molecule has 4 N–H and O–H groups in total. The Morgan fingerprint density at radius 2 is 1.26 bits per heavy atom. The molecule has 0 radical (unpaired) electrons. The van der Waals surface area contributed by atoms with Gasteiger partial charge in [0.25, 0.3) is 0 Å². The van der Waals surface area contributed by atoms with Gasteiger partial charge in [0.15, 0.2) is 5.78 Å². The molecular weight excluding hydrogens is 500 g/mol. The molecule has 39 heavy (non-hydrogen) atoms. The van der Waals surface area contributed by atoms with Gasteiger partial charge in [-0.05, 0) is 30.4 Å². The van der Waals surface area contributed by atoms with E-state index in [4.69, 9.17) is 4.74 Å². The molecule has 0 unspecified atom stereocenters. The number of nitrogens with one attached hydrogen (secondary N) is 4. The number of amides is 4. The fraction of sp³-hybridized carbons (Fsp3) is 0.414. The van der Waals surface area contributed by atoms with Crippen LogP contribution in [0.3, 0.4) is 0 Å². The molecule has 10 heteroatoms. The van der Waals surface area contributed by atoms with Crippen molar-refractivity contribution in [2.24, 2.45) is 5.92 Å². The maximum absolute atomic E-state index is 13.3. The highest BCUT2D eigenvalue weighted by atomic mass is 16.5. The van der Waals surface area contributed by atoms with Crippen LogP contribution in [0.2, 0.25) is 0 Å². The minimum Gasteiger partial charge on any atom is -0.445 e. The van der Waals surface area contributed by atoms with E-state index >= 15 is 0 Å². The van der Waals surface area contributed by atoms with E-state index in [1.807, 2.05) is 74.5 Å². The highest BCUT2D eigenvalue weighted by molar-refractivity contribution is 5.94. The lowest BCUT2D eigenvalue weighted by Gasteiger charge is -2.25. The van der Waals surface area contributed by atoms with E-state index in [0.29, 0.717) is 6.42 Å². The quantitative estimate of drug-likeness (QED) is 0.291. The van der Waals surface area contributed by atoms with Crippen LogP contribution in [0.1, 0.15) is 45.2 Å². The lowest BCUT2D eigenvalue weighted by atomic mass is 10.0. The third-order valence-electron chi connectivity index (χ3n) is 5.81. The number of carbonyl (C=O) groups is 5. The summed E-state index contributed by atoms with van der Waals surface area (Å²) in [5.41, 5.74) is 1.59. The average Bonchev–Trinajstić information content (AvgIpc) is 2.89. The van der Waals surface area contributed by atoms with Crippen molar-refractivity contribution in [2.75, 3.05) is 6.54 Å². The largest absolute Gasteiger partial charge is 0.445 e. The summed E-state index contributed by atoms with van der Waals surface area (Å²) in [5.74, 6) is -1.78. The van der Waals surface area contributed by atoms with E-state index in [1.165, 1.54) is 13.8 Å². The number of hydrogen-bond donors (Lipinski definition) is 4. The first-order valence-corrected chi connectivity index (χ1v) is 12.9. The molecule has 0 aliphatic rings. The molecule has 2 rings (SSSR count). The molecule has 0 aliphatic carbocycles. The van der Waals surface area contributed by atoms with Crippen LogP contribution in [0.4, 0.5) is 4.79 Å². The molecule has 0 heterocycles. The zero-order valence-electron chi connectivity index (χ0n) is 22.9. The highest BCUT2D eigenvalue weighted by Gasteiger charge is 2.30. The summed E-state index contributed by atoms with van der Waals surface area (Å²) in [6.45, 7) is 6.40. The number of Topliss-reactive ketones (excluding diaryl/α,β-unsaturated/α-hetero) is 1. The average molecular weight is 539 g/mol. The van der Waals surface area contributed by atoms with Gasteiger partial charge in [-0.1, -0.05) is 74.5 Å². The maximum atomic E-state index is 13.3. The molecule has 0 aliphatic heterocycles. The summed E-state index contributed by atoms with van der Waals surface area (Å²) in [7, 11) is 0. The third-order valence-corrected chi connectivity index (χ3v) is 5.81. The first-order valence-electron chi connectivity index (χ1n) is 12.9.